The van der Waals surface area contributed by atoms with Crippen LogP contribution in [0.3, 0.4) is 0 Å². The first-order chi connectivity index (χ1) is 26.0. The van der Waals surface area contributed by atoms with E-state index >= 15 is 0 Å². The Morgan fingerprint density at radius 2 is 1.65 bits per heavy atom. The number of nitrogens with zero attached hydrogens (tertiary/aromatic N) is 2. The standard InChI is InChI=1S/C18H26N2O4.C16H27N3O4S.C4H10.C2H6/c1-2-19-17(21)24-11-6-4-3-5-8-14-9-7-10-15-12-20(18(22)23)13-16(14)15;20-12-19-10-7-9-14(19)16(22)17-13-8-5-3-1-2-4-6-11-24(23)18-15(13)21;1-4(2)3;1-2/h7,9-10H,2-6,8,11-13H2,1H3,(H,19,21)(H,22,23);12-14H,1-11H2,(H,17,22)(H,18,21);4H,1-3H3;1-2H3. The fourth-order valence-electron chi connectivity index (χ4n) is 6.25. The average Bonchev–Trinajstić information content (AvgIpc) is 3.81. The van der Waals surface area contributed by atoms with Gasteiger partial charge in [-0.2, -0.15) is 0 Å². The van der Waals surface area contributed by atoms with Crippen LogP contribution >= 0.6 is 0 Å². The number of alkyl carbamates (subject to hydrolysis) is 1. The molecule has 0 radical (unpaired) electrons. The molecule has 2 fully saturated rings. The summed E-state index contributed by atoms with van der Waals surface area (Å²) >= 11 is 0. The molecule has 3 atom stereocenters. The van der Waals surface area contributed by atoms with Gasteiger partial charge in [0, 0.05) is 31.9 Å². The van der Waals surface area contributed by atoms with Gasteiger partial charge in [0.15, 0.2) is 0 Å². The van der Waals surface area contributed by atoms with E-state index in [1.54, 1.807) is 0 Å². The highest BCUT2D eigenvalue weighted by Crippen LogP contribution is 2.27. The molecule has 1 aromatic carbocycles. The summed E-state index contributed by atoms with van der Waals surface area (Å²) < 4.78 is 19.4. The van der Waals surface area contributed by atoms with E-state index in [0.29, 0.717) is 57.8 Å². The first-order valence-electron chi connectivity index (χ1n) is 20.1. The molecule has 4 N–H and O–H groups in total. The zero-order valence-corrected chi connectivity index (χ0v) is 34.6. The van der Waals surface area contributed by atoms with E-state index in [2.05, 4.69) is 42.2 Å². The number of carbonyl (C=O) groups excluding carboxylic acids is 4. The second-order valence-corrected chi connectivity index (χ2v) is 15.5. The number of carboxylic acid groups (broad SMARTS) is 1. The maximum Gasteiger partial charge on any atom is 0.407 e. The van der Waals surface area contributed by atoms with Crippen molar-refractivity contribution in [3.05, 3.63) is 34.9 Å². The lowest BCUT2D eigenvalue weighted by Crippen LogP contribution is -2.52. The molecule has 4 rings (SSSR count). The van der Waals surface area contributed by atoms with Crippen molar-refractivity contribution in [1.29, 1.82) is 0 Å². The first kappa shape index (κ1) is 48.3. The van der Waals surface area contributed by atoms with Crippen LogP contribution in [0.1, 0.15) is 142 Å². The van der Waals surface area contributed by atoms with Gasteiger partial charge in [-0.25, -0.2) is 13.8 Å². The predicted molar refractivity (Wildman–Crippen MR) is 214 cm³/mol. The van der Waals surface area contributed by atoms with Crippen LogP contribution in [0.4, 0.5) is 9.59 Å². The molecule has 0 aliphatic carbocycles. The number of hydrogen-bond donors (Lipinski definition) is 4. The van der Waals surface area contributed by atoms with Crippen molar-refractivity contribution in [3.8, 4) is 0 Å². The molecule has 1 aromatic rings. The highest BCUT2D eigenvalue weighted by molar-refractivity contribution is 7.83. The predicted octanol–water partition coefficient (Wildman–Crippen LogP) is 6.83. The Kier molecular flexibility index (Phi) is 25.7. The number of hydrogen-bond acceptors (Lipinski definition) is 7. The van der Waals surface area contributed by atoms with Crippen molar-refractivity contribution in [2.75, 3.05) is 25.4 Å². The third-order valence-corrected chi connectivity index (χ3v) is 9.99. The maximum absolute atomic E-state index is 12.4. The number of unbranched alkanes of at least 4 members (excludes halogenated alkanes) is 3. The number of amides is 5. The van der Waals surface area contributed by atoms with E-state index in [0.717, 1.165) is 88.5 Å². The summed E-state index contributed by atoms with van der Waals surface area (Å²) in [6.45, 7) is 15.0. The van der Waals surface area contributed by atoms with Crippen LogP contribution in [0.25, 0.3) is 0 Å². The molecule has 3 heterocycles. The van der Waals surface area contributed by atoms with E-state index in [1.165, 1.54) is 20.9 Å². The van der Waals surface area contributed by atoms with Gasteiger partial charge in [-0.15, -0.1) is 0 Å². The SMILES string of the molecule is CC.CC(C)C.CCNC(=O)OCCCCCCc1cccc2c1CN(C(=O)O)C2.O=CN1CCCC1C(=O)NC1CCCCCCCCS(=O)NC1=O. The summed E-state index contributed by atoms with van der Waals surface area (Å²) in [6, 6.07) is 4.94. The third-order valence-electron chi connectivity index (χ3n) is 8.90. The summed E-state index contributed by atoms with van der Waals surface area (Å²) in [7, 11) is -1.39. The lowest BCUT2D eigenvalue weighted by atomic mass is 9.98. The van der Waals surface area contributed by atoms with Crippen molar-refractivity contribution in [2.24, 2.45) is 5.92 Å². The third kappa shape index (κ3) is 19.6. The molecule has 14 heteroatoms. The molecule has 13 nitrogen and oxygen atoms in total. The lowest BCUT2D eigenvalue weighted by Gasteiger charge is -2.23. The van der Waals surface area contributed by atoms with Gasteiger partial charge in [0.1, 0.15) is 23.1 Å². The monoisotopic (exact) mass is 779 g/mol. The normalized spacial score (nSPS) is 19.8. The van der Waals surface area contributed by atoms with Crippen LogP contribution in [0.5, 0.6) is 0 Å². The maximum atomic E-state index is 12.4. The Morgan fingerprint density at radius 3 is 2.31 bits per heavy atom. The largest absolute Gasteiger partial charge is 0.465 e. The van der Waals surface area contributed by atoms with Crippen molar-refractivity contribution in [3.63, 3.8) is 0 Å². The quantitative estimate of drug-likeness (QED) is 0.140. The smallest absolute Gasteiger partial charge is 0.407 e. The number of aryl methyl sites for hydroxylation is 1. The van der Waals surface area contributed by atoms with Gasteiger partial charge in [0.05, 0.1) is 6.61 Å². The van der Waals surface area contributed by atoms with Crippen molar-refractivity contribution in [2.45, 2.75) is 157 Å². The van der Waals surface area contributed by atoms with E-state index in [1.807, 2.05) is 32.9 Å². The number of nitrogens with one attached hydrogen (secondary N) is 3. The van der Waals surface area contributed by atoms with E-state index < -0.39 is 35.1 Å². The van der Waals surface area contributed by atoms with Gasteiger partial charge < -0.3 is 25.4 Å². The minimum absolute atomic E-state index is 0.294. The molecule has 54 heavy (non-hydrogen) atoms. The van der Waals surface area contributed by atoms with Gasteiger partial charge in [0.2, 0.25) is 12.3 Å². The molecule has 3 unspecified atom stereocenters. The number of fused-ring (bicyclic) bond motifs is 1. The van der Waals surface area contributed by atoms with Crippen LogP contribution in [0.2, 0.25) is 0 Å². The minimum Gasteiger partial charge on any atom is -0.465 e. The topological polar surface area (TPSA) is 174 Å². The van der Waals surface area contributed by atoms with Crippen LogP contribution in [-0.4, -0.2) is 87.1 Å². The number of benzene rings is 1. The zero-order valence-electron chi connectivity index (χ0n) is 33.8. The van der Waals surface area contributed by atoms with Crippen molar-refractivity contribution >= 4 is 41.4 Å². The Labute approximate surface area is 326 Å². The van der Waals surface area contributed by atoms with Gasteiger partial charge >= 0.3 is 12.2 Å². The van der Waals surface area contributed by atoms with E-state index in [4.69, 9.17) is 9.84 Å². The molecule has 308 valence electrons. The summed E-state index contributed by atoms with van der Waals surface area (Å²) in [4.78, 5) is 60.9. The molecule has 2 saturated heterocycles. The first-order valence-corrected chi connectivity index (χ1v) is 21.5. The highest BCUT2D eigenvalue weighted by atomic mass is 32.2. The Bertz CT molecular complexity index is 1290. The summed E-state index contributed by atoms with van der Waals surface area (Å²) in [5.41, 5.74) is 3.57. The average molecular weight is 780 g/mol. The number of rotatable bonds is 11. The zero-order chi connectivity index (χ0) is 40.3. The molecule has 0 aromatic heterocycles. The molecule has 3 aliphatic heterocycles. The number of carbonyl (C=O) groups is 5. The minimum atomic E-state index is -1.39. The number of likely N-dealkylation sites (tertiary alicyclic amines) is 1. The summed E-state index contributed by atoms with van der Waals surface area (Å²) in [6.07, 6.45) is 12.3. The molecular formula is C40H69N5O8S. The number of ether oxygens (including phenoxy) is 1. The van der Waals surface area contributed by atoms with Gasteiger partial charge in [-0.05, 0) is 74.5 Å². The van der Waals surface area contributed by atoms with Crippen molar-refractivity contribution < 1.29 is 38.0 Å². The van der Waals surface area contributed by atoms with E-state index in [-0.39, 0.29) is 12.0 Å². The van der Waals surface area contributed by atoms with Crippen LogP contribution in [0, 0.1) is 5.92 Å². The van der Waals surface area contributed by atoms with Crippen LogP contribution < -0.4 is 15.4 Å². The molecule has 5 amide bonds. The van der Waals surface area contributed by atoms with Crippen molar-refractivity contribution in [1.82, 2.24) is 25.2 Å². The van der Waals surface area contributed by atoms with Crippen LogP contribution in [0.15, 0.2) is 18.2 Å². The summed E-state index contributed by atoms with van der Waals surface area (Å²) in [5, 5.41) is 14.5. The Balaban J connectivity index is 0.000000471. The van der Waals surface area contributed by atoms with Crippen LogP contribution in [-0.2, 0) is 49.6 Å². The van der Waals surface area contributed by atoms with Gasteiger partial charge in [0.25, 0.3) is 5.91 Å². The second kappa shape index (κ2) is 28.7. The summed E-state index contributed by atoms with van der Waals surface area (Å²) in [5.74, 6) is 0.601. The fourth-order valence-corrected chi connectivity index (χ4v) is 7.18. The Morgan fingerprint density at radius 1 is 0.981 bits per heavy atom. The molecule has 0 saturated carbocycles. The van der Waals surface area contributed by atoms with E-state index in [9.17, 15) is 28.2 Å². The second-order valence-electron chi connectivity index (χ2n) is 14.2. The fraction of sp³-hybridized carbons (Fsp3) is 0.725. The van der Waals surface area contributed by atoms with Gasteiger partial charge in [-0.3, -0.25) is 24.0 Å². The molecule has 0 bridgehead atoms. The molecule has 0 spiro atoms. The lowest BCUT2D eigenvalue weighted by molar-refractivity contribution is -0.133. The highest BCUT2D eigenvalue weighted by Gasteiger charge is 2.32. The molecular weight excluding hydrogens is 711 g/mol. The molecule has 3 aliphatic rings. The van der Waals surface area contributed by atoms with Gasteiger partial charge in [-0.1, -0.05) is 97.8 Å². The Hall–Kier alpha value is -3.68.